The topological polar surface area (TPSA) is 75.7 Å². The summed E-state index contributed by atoms with van der Waals surface area (Å²) in [6.07, 6.45) is 5.44. The molecule has 3 unspecified atom stereocenters. The Hall–Kier alpha value is -2.63. The molecule has 3 amide bonds. The molecular weight excluding hydrogens is 392 g/mol. The number of rotatable bonds is 6. The zero-order chi connectivity index (χ0) is 22.9. The van der Waals surface area contributed by atoms with Crippen molar-refractivity contribution < 1.29 is 19.1 Å². The Bertz CT molecular complexity index is 871. The maximum atomic E-state index is 13.4. The largest absolute Gasteiger partial charge is 0.495 e. The lowest BCUT2D eigenvalue weighted by Crippen LogP contribution is -2.48. The minimum Gasteiger partial charge on any atom is -0.495 e. The number of hydrogen-bond donors (Lipinski definition) is 1. The quantitative estimate of drug-likeness (QED) is 0.544. The number of likely N-dealkylation sites (tertiary alicyclic amines) is 1. The van der Waals surface area contributed by atoms with Crippen molar-refractivity contribution in [1.82, 2.24) is 4.90 Å². The highest BCUT2D eigenvalue weighted by Gasteiger charge is 2.51. The highest BCUT2D eigenvalue weighted by molar-refractivity contribution is 6.10. The second-order valence-corrected chi connectivity index (χ2v) is 10.0. The van der Waals surface area contributed by atoms with Gasteiger partial charge in [0.1, 0.15) is 11.8 Å². The van der Waals surface area contributed by atoms with Crippen LogP contribution in [0.4, 0.5) is 5.69 Å². The van der Waals surface area contributed by atoms with Gasteiger partial charge in [-0.25, -0.2) is 0 Å². The van der Waals surface area contributed by atoms with Crippen LogP contribution in [0.5, 0.6) is 5.75 Å². The number of nitrogens with one attached hydrogen (secondary N) is 1. The molecule has 1 aliphatic carbocycles. The Labute approximate surface area is 185 Å². The molecule has 3 rings (SSSR count). The molecule has 1 fully saturated rings. The monoisotopic (exact) mass is 426 g/mol. The van der Waals surface area contributed by atoms with Gasteiger partial charge in [-0.05, 0) is 48.3 Å². The smallest absolute Gasteiger partial charge is 0.247 e. The van der Waals surface area contributed by atoms with E-state index in [2.05, 4.69) is 26.1 Å². The number of anilines is 1. The van der Waals surface area contributed by atoms with Crippen molar-refractivity contribution in [3.63, 3.8) is 0 Å². The number of imide groups is 1. The van der Waals surface area contributed by atoms with E-state index in [1.165, 1.54) is 4.90 Å². The average Bonchev–Trinajstić information content (AvgIpc) is 2.96. The third-order valence-electron chi connectivity index (χ3n) is 6.17. The lowest BCUT2D eigenvalue weighted by atomic mass is 9.85. The summed E-state index contributed by atoms with van der Waals surface area (Å²) in [5, 5.41) is 2.95. The van der Waals surface area contributed by atoms with Gasteiger partial charge in [-0.2, -0.15) is 0 Å². The van der Waals surface area contributed by atoms with E-state index >= 15 is 0 Å². The first-order chi connectivity index (χ1) is 14.5. The molecule has 0 saturated carbocycles. The molecule has 1 aliphatic heterocycles. The van der Waals surface area contributed by atoms with Crippen molar-refractivity contribution in [1.29, 1.82) is 0 Å². The van der Waals surface area contributed by atoms with Crippen LogP contribution in [0, 0.1) is 17.8 Å². The van der Waals surface area contributed by atoms with Crippen LogP contribution in [0.15, 0.2) is 30.4 Å². The third-order valence-corrected chi connectivity index (χ3v) is 6.17. The van der Waals surface area contributed by atoms with Crippen LogP contribution < -0.4 is 10.1 Å². The Morgan fingerprint density at radius 2 is 1.71 bits per heavy atom. The normalized spacial score (nSPS) is 22.0. The van der Waals surface area contributed by atoms with E-state index in [0.717, 1.165) is 5.56 Å². The lowest BCUT2D eigenvalue weighted by molar-refractivity contribution is -0.147. The molecule has 0 radical (unpaired) electrons. The second kappa shape index (κ2) is 8.85. The van der Waals surface area contributed by atoms with Gasteiger partial charge < -0.3 is 10.1 Å². The number of hydrogen-bond acceptors (Lipinski definition) is 4. The van der Waals surface area contributed by atoms with Gasteiger partial charge in [0.15, 0.2) is 0 Å². The van der Waals surface area contributed by atoms with Gasteiger partial charge in [-0.1, -0.05) is 52.8 Å². The van der Waals surface area contributed by atoms with Gasteiger partial charge in [-0.3, -0.25) is 19.3 Å². The number of nitrogens with zero attached hydrogens (tertiary/aromatic N) is 1. The summed E-state index contributed by atoms with van der Waals surface area (Å²) >= 11 is 0. The van der Waals surface area contributed by atoms with E-state index in [0.29, 0.717) is 30.7 Å². The number of carbonyl (C=O) groups is 3. The molecule has 0 spiro atoms. The summed E-state index contributed by atoms with van der Waals surface area (Å²) in [7, 11) is 1.55. The summed E-state index contributed by atoms with van der Waals surface area (Å²) < 4.78 is 5.45. The standard InChI is InChI=1S/C25H34N2O4/c1-15(2)13-20(27-23(29)17-9-7-8-10-18(17)24(27)30)22(28)26-19-14-16(25(3,4)5)11-12-21(19)31-6/h7-8,11-12,14-15,17-18,20H,9-10,13H2,1-6H3,(H,26,28). The van der Waals surface area contributed by atoms with Gasteiger partial charge in [-0.15, -0.1) is 0 Å². The average molecular weight is 427 g/mol. The first kappa shape index (κ1) is 23.0. The number of allylic oxidation sites excluding steroid dienone is 2. The van der Waals surface area contributed by atoms with Gasteiger partial charge >= 0.3 is 0 Å². The van der Waals surface area contributed by atoms with Gasteiger partial charge in [0.2, 0.25) is 17.7 Å². The minimum absolute atomic E-state index is 0.105. The predicted molar refractivity (Wildman–Crippen MR) is 121 cm³/mol. The third kappa shape index (κ3) is 4.68. The fourth-order valence-electron chi connectivity index (χ4n) is 4.40. The second-order valence-electron chi connectivity index (χ2n) is 10.0. The SMILES string of the molecule is COc1ccc(C(C)(C)C)cc1NC(=O)C(CC(C)C)N1C(=O)C2CC=CCC2C1=O. The number of benzene rings is 1. The molecule has 168 valence electrons. The summed E-state index contributed by atoms with van der Waals surface area (Å²) in [5.74, 6) is -0.823. The van der Waals surface area contributed by atoms with Crippen LogP contribution >= 0.6 is 0 Å². The number of amides is 3. The van der Waals surface area contributed by atoms with Crippen molar-refractivity contribution in [3.05, 3.63) is 35.9 Å². The van der Waals surface area contributed by atoms with E-state index in [4.69, 9.17) is 4.74 Å². The number of fused-ring (bicyclic) bond motifs is 1. The Morgan fingerprint density at radius 3 is 2.19 bits per heavy atom. The van der Waals surface area contributed by atoms with E-state index in [-0.39, 0.29) is 40.9 Å². The molecule has 3 atom stereocenters. The van der Waals surface area contributed by atoms with Crippen molar-refractivity contribution in [2.45, 2.75) is 65.3 Å². The van der Waals surface area contributed by atoms with E-state index in [9.17, 15) is 14.4 Å². The van der Waals surface area contributed by atoms with Crippen LogP contribution in [0.1, 0.15) is 59.4 Å². The predicted octanol–water partition coefficient (Wildman–Crippen LogP) is 4.30. The van der Waals surface area contributed by atoms with Crippen molar-refractivity contribution in [2.24, 2.45) is 17.8 Å². The molecule has 0 aromatic heterocycles. The Morgan fingerprint density at radius 1 is 1.13 bits per heavy atom. The molecule has 1 aromatic carbocycles. The molecule has 31 heavy (non-hydrogen) atoms. The zero-order valence-corrected chi connectivity index (χ0v) is 19.4. The number of carbonyl (C=O) groups excluding carboxylic acids is 3. The maximum absolute atomic E-state index is 13.4. The van der Waals surface area contributed by atoms with E-state index in [1.807, 2.05) is 44.2 Å². The highest BCUT2D eigenvalue weighted by atomic mass is 16.5. The van der Waals surface area contributed by atoms with Crippen LogP contribution in [0.2, 0.25) is 0 Å². The number of methoxy groups -OCH3 is 1. The van der Waals surface area contributed by atoms with Crippen molar-refractivity contribution in [2.75, 3.05) is 12.4 Å². The molecule has 1 saturated heterocycles. The molecule has 1 heterocycles. The number of ether oxygens (including phenoxy) is 1. The Kier molecular flexibility index (Phi) is 6.58. The van der Waals surface area contributed by atoms with Crippen LogP contribution in [-0.4, -0.2) is 35.8 Å². The zero-order valence-electron chi connectivity index (χ0n) is 19.4. The summed E-state index contributed by atoms with van der Waals surface area (Å²) in [5.41, 5.74) is 1.49. The molecule has 1 N–H and O–H groups in total. The van der Waals surface area contributed by atoms with Crippen LogP contribution in [0.25, 0.3) is 0 Å². The first-order valence-corrected chi connectivity index (χ1v) is 11.1. The van der Waals surface area contributed by atoms with E-state index in [1.54, 1.807) is 7.11 Å². The molecular formula is C25H34N2O4. The Balaban J connectivity index is 1.91. The van der Waals surface area contributed by atoms with Gasteiger partial charge in [0.05, 0.1) is 24.6 Å². The highest BCUT2D eigenvalue weighted by Crippen LogP contribution is 2.38. The molecule has 2 aliphatic rings. The fourth-order valence-corrected chi connectivity index (χ4v) is 4.40. The first-order valence-electron chi connectivity index (χ1n) is 11.1. The molecule has 6 heteroatoms. The van der Waals surface area contributed by atoms with Crippen molar-refractivity contribution in [3.8, 4) is 5.75 Å². The van der Waals surface area contributed by atoms with Crippen LogP contribution in [-0.2, 0) is 19.8 Å². The summed E-state index contributed by atoms with van der Waals surface area (Å²) in [4.78, 5) is 40.9. The van der Waals surface area contributed by atoms with Crippen molar-refractivity contribution >= 4 is 23.4 Å². The van der Waals surface area contributed by atoms with Gasteiger partial charge in [0.25, 0.3) is 0 Å². The molecule has 1 aromatic rings. The fraction of sp³-hybridized carbons (Fsp3) is 0.560. The molecule has 0 bridgehead atoms. The lowest BCUT2D eigenvalue weighted by Gasteiger charge is -2.28. The van der Waals surface area contributed by atoms with E-state index < -0.39 is 6.04 Å². The molecule has 6 nitrogen and oxygen atoms in total. The van der Waals surface area contributed by atoms with Crippen LogP contribution in [0.3, 0.4) is 0 Å². The maximum Gasteiger partial charge on any atom is 0.247 e. The summed E-state index contributed by atoms with van der Waals surface area (Å²) in [6, 6.07) is 4.87. The minimum atomic E-state index is -0.839. The summed E-state index contributed by atoms with van der Waals surface area (Å²) in [6.45, 7) is 10.3. The van der Waals surface area contributed by atoms with Gasteiger partial charge in [0, 0.05) is 0 Å².